The molecule has 1 saturated heterocycles. The molecule has 0 spiro atoms. The number of aromatic amines is 1. The zero-order chi connectivity index (χ0) is 27.8. The molecule has 2 aromatic heterocycles. The number of aromatic nitrogens is 2. The maximum atomic E-state index is 15.2. The molecule has 9 nitrogen and oxygen atoms in total. The molecule has 4 aromatic rings. The maximum Gasteiger partial charge on any atom is 0.341 e. The first-order valence-electron chi connectivity index (χ1n) is 12.6. The summed E-state index contributed by atoms with van der Waals surface area (Å²) in [5, 5.41) is 20.0. The highest BCUT2D eigenvalue weighted by Crippen LogP contribution is 2.27. The molecule has 0 unspecified atom stereocenters. The van der Waals surface area contributed by atoms with Crippen LogP contribution in [0.15, 0.2) is 53.1 Å². The summed E-state index contributed by atoms with van der Waals surface area (Å²) in [6.07, 6.45) is 4.64. The van der Waals surface area contributed by atoms with Crippen molar-refractivity contribution in [2.45, 2.75) is 20.4 Å². The molecule has 10 heteroatoms. The predicted octanol–water partition coefficient (Wildman–Crippen LogP) is 3.90. The van der Waals surface area contributed by atoms with E-state index in [4.69, 9.17) is 0 Å². The molecule has 1 amide bonds. The normalized spacial score (nSPS) is 14.2. The molecule has 0 atom stereocenters. The molecule has 0 bridgehead atoms. The number of aryl methyl sites for hydroxylation is 2. The number of nitrogens with one attached hydrogen (secondary N) is 1. The molecule has 3 heterocycles. The van der Waals surface area contributed by atoms with E-state index in [9.17, 15) is 24.8 Å². The van der Waals surface area contributed by atoms with E-state index in [1.54, 1.807) is 39.6 Å². The Labute approximate surface area is 223 Å². The monoisotopic (exact) mass is 527 g/mol. The number of carboxylic acid groups (broad SMARTS) is 1. The van der Waals surface area contributed by atoms with Crippen LogP contribution in [0.25, 0.3) is 27.9 Å². The third-order valence-corrected chi connectivity index (χ3v) is 7.23. The van der Waals surface area contributed by atoms with E-state index < -0.39 is 22.8 Å². The highest BCUT2D eigenvalue weighted by molar-refractivity contribution is 6.04. The van der Waals surface area contributed by atoms with Gasteiger partial charge >= 0.3 is 5.97 Å². The molecular weight excluding hydrogens is 501 g/mol. The minimum Gasteiger partial charge on any atom is -0.477 e. The highest BCUT2D eigenvalue weighted by Gasteiger charge is 2.26. The van der Waals surface area contributed by atoms with E-state index in [0.717, 1.165) is 28.1 Å². The van der Waals surface area contributed by atoms with Gasteiger partial charge in [0, 0.05) is 67.0 Å². The number of nitrogens with zero attached hydrogens (tertiary/aromatic N) is 4. The summed E-state index contributed by atoms with van der Waals surface area (Å²) in [6.45, 7) is 5.38. The van der Waals surface area contributed by atoms with Crippen molar-refractivity contribution in [1.82, 2.24) is 14.5 Å². The lowest BCUT2D eigenvalue weighted by molar-refractivity contribution is -0.126. The van der Waals surface area contributed by atoms with E-state index in [-0.39, 0.29) is 35.6 Å². The van der Waals surface area contributed by atoms with E-state index in [1.165, 1.54) is 6.20 Å². The zero-order valence-electron chi connectivity index (χ0n) is 21.5. The Morgan fingerprint density at radius 3 is 2.59 bits per heavy atom. The van der Waals surface area contributed by atoms with Crippen LogP contribution in [0.5, 0.6) is 0 Å². The van der Waals surface area contributed by atoms with Gasteiger partial charge in [-0.15, -0.1) is 0 Å². The molecule has 0 radical (unpaired) electrons. The number of H-pyrrole nitrogens is 1. The van der Waals surface area contributed by atoms with E-state index in [2.05, 4.69) is 4.98 Å². The minimum atomic E-state index is -1.36. The van der Waals surface area contributed by atoms with Gasteiger partial charge < -0.3 is 24.5 Å². The summed E-state index contributed by atoms with van der Waals surface area (Å²) in [4.78, 5) is 43.9. The molecule has 1 fully saturated rings. The molecule has 1 aliphatic heterocycles. The quantitative estimate of drug-likeness (QED) is 0.300. The molecule has 2 aromatic carbocycles. The van der Waals surface area contributed by atoms with Crippen molar-refractivity contribution in [3.05, 3.63) is 81.0 Å². The summed E-state index contributed by atoms with van der Waals surface area (Å²) in [5.74, 6) is -2.39. The third-order valence-electron chi connectivity index (χ3n) is 7.23. The number of rotatable bonds is 5. The molecule has 5 rings (SSSR count). The van der Waals surface area contributed by atoms with Gasteiger partial charge in [0.05, 0.1) is 11.2 Å². The Hall–Kier alpha value is -4.91. The van der Waals surface area contributed by atoms with Gasteiger partial charge in [0.1, 0.15) is 23.0 Å². The van der Waals surface area contributed by atoms with Crippen LogP contribution < -0.4 is 10.3 Å². The number of aromatic carboxylic acids is 1. The predicted molar refractivity (Wildman–Crippen MR) is 146 cm³/mol. The lowest BCUT2D eigenvalue weighted by Gasteiger charge is -2.36. The number of carbonyl (C=O) groups excluding carboxylic acids is 1. The van der Waals surface area contributed by atoms with Crippen molar-refractivity contribution < 1.29 is 19.1 Å². The number of amides is 1. The summed E-state index contributed by atoms with van der Waals surface area (Å²) in [6, 6.07) is 10.5. The van der Waals surface area contributed by atoms with Crippen molar-refractivity contribution >= 4 is 45.4 Å². The van der Waals surface area contributed by atoms with Gasteiger partial charge in [-0.05, 0) is 37.6 Å². The van der Waals surface area contributed by atoms with Crippen LogP contribution in [0.3, 0.4) is 0 Å². The van der Waals surface area contributed by atoms with Gasteiger partial charge in [0.2, 0.25) is 5.43 Å². The smallest absolute Gasteiger partial charge is 0.341 e. The number of hydrogen-bond acceptors (Lipinski definition) is 5. The molecule has 198 valence electrons. The second kappa shape index (κ2) is 10.1. The first-order valence-corrected chi connectivity index (χ1v) is 12.6. The van der Waals surface area contributed by atoms with Gasteiger partial charge in [-0.3, -0.25) is 9.59 Å². The third kappa shape index (κ3) is 4.52. The Morgan fingerprint density at radius 2 is 1.92 bits per heavy atom. The van der Waals surface area contributed by atoms with Gasteiger partial charge in [-0.2, -0.15) is 5.26 Å². The SMILES string of the molecule is CCn1cc(C(=O)O)c(=O)c2cc(F)c(N3CCN(C(=O)/C(C#N)=C/c4c[nH]c5c(C)cccc45)CC3)cc21. The average Bonchev–Trinajstić information content (AvgIpc) is 3.35. The standard InChI is InChI=1S/C29H26FN5O4/c1-3-33-16-22(29(38)39)27(36)21-12-23(30)25(13-24(21)33)34-7-9-35(10-8-34)28(37)18(14-31)11-19-15-32-26-17(2)5-4-6-20(19)26/h4-6,11-13,15-16,32H,3,7-10H2,1-2H3,(H,38,39)/b18-11+. The number of pyridine rings is 1. The van der Waals surface area contributed by atoms with Crippen molar-refractivity contribution in [2.75, 3.05) is 31.1 Å². The summed E-state index contributed by atoms with van der Waals surface area (Å²) in [7, 11) is 0. The molecule has 2 N–H and O–H groups in total. The molecule has 0 saturated carbocycles. The second-order valence-electron chi connectivity index (χ2n) is 9.47. The van der Waals surface area contributed by atoms with Gasteiger partial charge in [0.25, 0.3) is 5.91 Å². The second-order valence-corrected chi connectivity index (χ2v) is 9.47. The fraction of sp³-hybridized carbons (Fsp3) is 0.241. The number of carbonyl (C=O) groups is 2. The minimum absolute atomic E-state index is 0.00286. The fourth-order valence-electron chi connectivity index (χ4n) is 5.12. The fourth-order valence-corrected chi connectivity index (χ4v) is 5.12. The van der Waals surface area contributed by atoms with Crippen LogP contribution in [0.4, 0.5) is 10.1 Å². The van der Waals surface area contributed by atoms with Crippen LogP contribution in [-0.4, -0.2) is 57.6 Å². The Kier molecular flexibility index (Phi) is 6.66. The number of benzene rings is 2. The first kappa shape index (κ1) is 25.7. The average molecular weight is 528 g/mol. The van der Waals surface area contributed by atoms with Crippen LogP contribution >= 0.6 is 0 Å². The van der Waals surface area contributed by atoms with Gasteiger partial charge in [0.15, 0.2) is 0 Å². The summed E-state index contributed by atoms with van der Waals surface area (Å²) < 4.78 is 16.8. The zero-order valence-corrected chi connectivity index (χ0v) is 21.5. The number of para-hydroxylation sites is 1. The van der Waals surface area contributed by atoms with Crippen molar-refractivity contribution in [1.29, 1.82) is 5.26 Å². The summed E-state index contributed by atoms with van der Waals surface area (Å²) >= 11 is 0. The first-order chi connectivity index (χ1) is 18.7. The van der Waals surface area contributed by atoms with Crippen LogP contribution in [-0.2, 0) is 11.3 Å². The van der Waals surface area contributed by atoms with E-state index >= 15 is 4.39 Å². The van der Waals surface area contributed by atoms with Gasteiger partial charge in [-0.1, -0.05) is 18.2 Å². The lowest BCUT2D eigenvalue weighted by atomic mass is 10.1. The topological polar surface area (TPSA) is 122 Å². The Bertz CT molecular complexity index is 1770. The van der Waals surface area contributed by atoms with Crippen molar-refractivity contribution in [3.8, 4) is 6.07 Å². The Morgan fingerprint density at radius 1 is 1.18 bits per heavy atom. The van der Waals surface area contributed by atoms with E-state index in [0.29, 0.717) is 25.2 Å². The van der Waals surface area contributed by atoms with E-state index in [1.807, 2.05) is 31.2 Å². The highest BCUT2D eigenvalue weighted by atomic mass is 19.1. The molecule has 39 heavy (non-hydrogen) atoms. The molecular formula is C29H26FN5O4. The lowest BCUT2D eigenvalue weighted by Crippen LogP contribution is -2.49. The maximum absolute atomic E-state index is 15.2. The number of piperazine rings is 1. The number of nitriles is 1. The summed E-state index contributed by atoms with van der Waals surface area (Å²) in [5.41, 5.74) is 2.35. The van der Waals surface area contributed by atoms with Crippen molar-refractivity contribution in [3.63, 3.8) is 0 Å². The van der Waals surface area contributed by atoms with Crippen molar-refractivity contribution in [2.24, 2.45) is 0 Å². The van der Waals surface area contributed by atoms with Crippen LogP contribution in [0.1, 0.15) is 28.4 Å². The number of hydrogen-bond donors (Lipinski definition) is 2. The number of carboxylic acids is 1. The van der Waals surface area contributed by atoms with Crippen LogP contribution in [0, 0.1) is 24.1 Å². The number of fused-ring (bicyclic) bond motifs is 2. The number of halogens is 1. The van der Waals surface area contributed by atoms with Crippen LogP contribution in [0.2, 0.25) is 0 Å². The van der Waals surface area contributed by atoms with Gasteiger partial charge in [-0.25, -0.2) is 9.18 Å². The number of anilines is 1. The largest absolute Gasteiger partial charge is 0.477 e. The Balaban J connectivity index is 1.38. The molecule has 1 aliphatic rings. The molecule has 0 aliphatic carbocycles.